The van der Waals surface area contributed by atoms with Crippen LogP contribution >= 0.6 is 0 Å². The van der Waals surface area contributed by atoms with E-state index >= 15 is 0 Å². The fourth-order valence-electron chi connectivity index (χ4n) is 2.72. The Hall–Kier alpha value is -1.16. The summed E-state index contributed by atoms with van der Waals surface area (Å²) in [6, 6.07) is 2.08. The molecule has 1 saturated carbocycles. The molecule has 0 aliphatic heterocycles. The van der Waals surface area contributed by atoms with Crippen LogP contribution < -0.4 is 10.2 Å². The minimum absolute atomic E-state index is 0.287. The highest BCUT2D eigenvalue weighted by Crippen LogP contribution is 2.27. The highest BCUT2D eigenvalue weighted by atomic mass is 15.2. The number of aryl methyl sites for hydroxylation is 1. The Morgan fingerprint density at radius 3 is 2.53 bits per heavy atom. The van der Waals surface area contributed by atoms with Crippen LogP contribution in [0.4, 0.5) is 5.95 Å². The zero-order valence-corrected chi connectivity index (χ0v) is 12.7. The van der Waals surface area contributed by atoms with E-state index in [0.29, 0.717) is 0 Å². The molecule has 1 aromatic heterocycles. The summed E-state index contributed by atoms with van der Waals surface area (Å²) in [6.07, 6.45) is 6.62. The summed E-state index contributed by atoms with van der Waals surface area (Å²) in [4.78, 5) is 11.0. The zero-order chi connectivity index (χ0) is 13.9. The monoisotopic (exact) mass is 262 g/mol. The Morgan fingerprint density at radius 1 is 1.21 bits per heavy atom. The third-order valence-electron chi connectivity index (χ3n) is 3.95. The van der Waals surface area contributed by atoms with Gasteiger partial charge in [-0.15, -0.1) is 0 Å². The predicted molar refractivity (Wildman–Crippen MR) is 79.4 cm³/mol. The Balaban J connectivity index is 2.02. The summed E-state index contributed by atoms with van der Waals surface area (Å²) in [7, 11) is 3.96. The Kier molecular flexibility index (Phi) is 4.40. The van der Waals surface area contributed by atoms with Gasteiger partial charge in [0.25, 0.3) is 0 Å². The molecule has 19 heavy (non-hydrogen) atoms. The van der Waals surface area contributed by atoms with Gasteiger partial charge in [0, 0.05) is 31.9 Å². The molecular weight excluding hydrogens is 236 g/mol. The van der Waals surface area contributed by atoms with Crippen LogP contribution in [-0.4, -0.2) is 29.6 Å². The van der Waals surface area contributed by atoms with Gasteiger partial charge < -0.3 is 10.2 Å². The maximum Gasteiger partial charge on any atom is 0.225 e. The summed E-state index contributed by atoms with van der Waals surface area (Å²) >= 11 is 0. The van der Waals surface area contributed by atoms with Crippen LogP contribution in [0.2, 0.25) is 0 Å². The topological polar surface area (TPSA) is 41.1 Å². The molecule has 0 unspecified atom stereocenters. The zero-order valence-electron chi connectivity index (χ0n) is 12.7. The molecule has 1 heterocycles. The first-order valence-electron chi connectivity index (χ1n) is 7.25. The molecule has 0 spiro atoms. The van der Waals surface area contributed by atoms with Crippen molar-refractivity contribution < 1.29 is 0 Å². The minimum Gasteiger partial charge on any atom is -0.347 e. The number of anilines is 1. The van der Waals surface area contributed by atoms with Gasteiger partial charge in [-0.25, -0.2) is 9.97 Å². The van der Waals surface area contributed by atoms with Gasteiger partial charge in [-0.3, -0.25) is 0 Å². The highest BCUT2D eigenvalue weighted by Gasteiger charge is 2.25. The first-order valence-corrected chi connectivity index (χ1v) is 7.25. The molecular formula is C15H26N4. The Bertz CT molecular complexity index is 422. The molecule has 0 saturated heterocycles. The van der Waals surface area contributed by atoms with Crippen LogP contribution in [0, 0.1) is 6.92 Å². The molecule has 1 N–H and O–H groups in total. The molecule has 1 aromatic rings. The van der Waals surface area contributed by atoms with E-state index in [1.807, 2.05) is 25.9 Å². The van der Waals surface area contributed by atoms with Gasteiger partial charge in [0.1, 0.15) is 0 Å². The fraction of sp³-hybridized carbons (Fsp3) is 0.733. The third-order valence-corrected chi connectivity index (χ3v) is 3.95. The van der Waals surface area contributed by atoms with Crippen LogP contribution in [0.25, 0.3) is 0 Å². The SMILES string of the molecule is Cc1cc(CNC2(C)CCCCC2)nc(N(C)C)n1. The van der Waals surface area contributed by atoms with Crippen molar-refractivity contribution >= 4 is 5.95 Å². The highest BCUT2D eigenvalue weighted by molar-refractivity contribution is 5.29. The van der Waals surface area contributed by atoms with Crippen molar-refractivity contribution in [3.8, 4) is 0 Å². The molecule has 0 aromatic carbocycles. The van der Waals surface area contributed by atoms with Crippen molar-refractivity contribution in [3.05, 3.63) is 17.5 Å². The van der Waals surface area contributed by atoms with Gasteiger partial charge in [0.2, 0.25) is 5.95 Å². The lowest BCUT2D eigenvalue weighted by atomic mass is 9.83. The average Bonchev–Trinajstić information content (AvgIpc) is 2.37. The molecule has 4 nitrogen and oxygen atoms in total. The van der Waals surface area contributed by atoms with Crippen LogP contribution in [-0.2, 0) is 6.54 Å². The second kappa shape index (κ2) is 5.87. The summed E-state index contributed by atoms with van der Waals surface area (Å²) in [5.74, 6) is 0.797. The number of hydrogen-bond donors (Lipinski definition) is 1. The molecule has 0 bridgehead atoms. The largest absolute Gasteiger partial charge is 0.347 e. The molecule has 1 aliphatic carbocycles. The lowest BCUT2D eigenvalue weighted by molar-refractivity contribution is 0.251. The number of nitrogens with one attached hydrogen (secondary N) is 1. The summed E-state index contributed by atoms with van der Waals surface area (Å²) < 4.78 is 0. The van der Waals surface area contributed by atoms with Crippen LogP contribution in [0.15, 0.2) is 6.07 Å². The maximum absolute atomic E-state index is 4.60. The Morgan fingerprint density at radius 2 is 1.89 bits per heavy atom. The molecule has 1 aliphatic rings. The number of rotatable bonds is 4. The fourth-order valence-corrected chi connectivity index (χ4v) is 2.72. The van der Waals surface area contributed by atoms with Gasteiger partial charge in [0.05, 0.1) is 5.69 Å². The van der Waals surface area contributed by atoms with Crippen molar-refractivity contribution in [3.63, 3.8) is 0 Å². The van der Waals surface area contributed by atoms with E-state index in [1.165, 1.54) is 32.1 Å². The standard InChI is InChI=1S/C15H26N4/c1-12-10-13(18-14(17-12)19(3)4)11-16-15(2)8-6-5-7-9-15/h10,16H,5-9,11H2,1-4H3. The van der Waals surface area contributed by atoms with E-state index in [2.05, 4.69) is 28.3 Å². The molecule has 1 fully saturated rings. The van der Waals surface area contributed by atoms with Gasteiger partial charge >= 0.3 is 0 Å². The predicted octanol–water partition coefficient (Wildman–Crippen LogP) is 2.66. The molecule has 0 atom stereocenters. The van der Waals surface area contributed by atoms with Crippen molar-refractivity contribution in [2.75, 3.05) is 19.0 Å². The van der Waals surface area contributed by atoms with E-state index in [0.717, 1.165) is 23.9 Å². The molecule has 0 amide bonds. The second-order valence-corrected chi connectivity index (χ2v) is 6.17. The van der Waals surface area contributed by atoms with Crippen LogP contribution in [0.3, 0.4) is 0 Å². The molecule has 2 rings (SSSR count). The quantitative estimate of drug-likeness (QED) is 0.905. The number of aromatic nitrogens is 2. The third kappa shape index (κ3) is 3.90. The van der Waals surface area contributed by atoms with Gasteiger partial charge in [-0.1, -0.05) is 19.3 Å². The molecule has 0 radical (unpaired) electrons. The van der Waals surface area contributed by atoms with Gasteiger partial charge in [0.15, 0.2) is 0 Å². The van der Waals surface area contributed by atoms with Crippen LogP contribution in [0.5, 0.6) is 0 Å². The van der Waals surface area contributed by atoms with E-state index in [-0.39, 0.29) is 5.54 Å². The first kappa shape index (κ1) is 14.3. The maximum atomic E-state index is 4.60. The minimum atomic E-state index is 0.287. The van der Waals surface area contributed by atoms with Crippen LogP contribution in [0.1, 0.15) is 50.4 Å². The van der Waals surface area contributed by atoms with Crippen molar-refractivity contribution in [2.24, 2.45) is 0 Å². The summed E-state index contributed by atoms with van der Waals surface area (Å²) in [6.45, 7) is 5.20. The van der Waals surface area contributed by atoms with E-state index < -0.39 is 0 Å². The lowest BCUT2D eigenvalue weighted by Gasteiger charge is -2.34. The van der Waals surface area contributed by atoms with Crippen molar-refractivity contribution in [1.29, 1.82) is 0 Å². The lowest BCUT2D eigenvalue weighted by Crippen LogP contribution is -2.43. The van der Waals surface area contributed by atoms with Crippen molar-refractivity contribution in [2.45, 2.75) is 58.0 Å². The normalized spacial score (nSPS) is 18.3. The second-order valence-electron chi connectivity index (χ2n) is 6.17. The molecule has 4 heteroatoms. The Labute approximate surface area is 116 Å². The van der Waals surface area contributed by atoms with Gasteiger partial charge in [-0.2, -0.15) is 0 Å². The first-order chi connectivity index (χ1) is 8.98. The van der Waals surface area contributed by atoms with E-state index in [1.54, 1.807) is 0 Å². The molecule has 106 valence electrons. The summed E-state index contributed by atoms with van der Waals surface area (Å²) in [5.41, 5.74) is 2.40. The number of hydrogen-bond acceptors (Lipinski definition) is 4. The average molecular weight is 262 g/mol. The number of nitrogens with zero attached hydrogens (tertiary/aromatic N) is 3. The van der Waals surface area contributed by atoms with Gasteiger partial charge in [-0.05, 0) is 32.8 Å². The smallest absolute Gasteiger partial charge is 0.225 e. The van der Waals surface area contributed by atoms with Crippen molar-refractivity contribution in [1.82, 2.24) is 15.3 Å². The van der Waals surface area contributed by atoms with E-state index in [9.17, 15) is 0 Å². The summed E-state index contributed by atoms with van der Waals surface area (Å²) in [5, 5.41) is 3.70. The van der Waals surface area contributed by atoms with E-state index in [4.69, 9.17) is 0 Å².